The molecule has 2 N–H and O–H groups in total. The molecule has 0 heterocycles. The fourth-order valence-corrected chi connectivity index (χ4v) is 0.824. The van der Waals surface area contributed by atoms with Crippen molar-refractivity contribution in [2.75, 3.05) is 0 Å². The average Bonchev–Trinajstić information content (AvgIpc) is 1.21. The van der Waals surface area contributed by atoms with Gasteiger partial charge in [-0.3, -0.25) is 4.52 Å². The molecule has 0 aliphatic carbocycles. The van der Waals surface area contributed by atoms with Gasteiger partial charge in [-0.25, -0.2) is 4.57 Å². The van der Waals surface area contributed by atoms with Crippen molar-refractivity contribution in [3.8, 4) is 0 Å². The van der Waals surface area contributed by atoms with E-state index >= 15 is 0 Å². The molecule has 0 aromatic rings. The second-order valence-electron chi connectivity index (χ2n) is 1.64. The summed E-state index contributed by atoms with van der Waals surface area (Å²) in [7, 11) is -4.22. The molecule has 0 amide bonds. The van der Waals surface area contributed by atoms with Crippen molar-refractivity contribution in [3.05, 3.63) is 0 Å². The van der Waals surface area contributed by atoms with Crippen LogP contribution in [0.5, 0.6) is 0 Å². The van der Waals surface area contributed by atoms with Crippen molar-refractivity contribution in [2.24, 2.45) is 0 Å². The van der Waals surface area contributed by atoms with E-state index in [1.807, 2.05) is 0 Å². The van der Waals surface area contributed by atoms with E-state index in [1.165, 1.54) is 0 Å². The Kier molecular flexibility index (Phi) is 6.25. The molecule has 0 atom stereocenters. The first-order valence-electron chi connectivity index (χ1n) is 2.16. The molecule has 0 unspecified atom stereocenters. The maximum Gasteiger partial charge on any atom is 0.469 e. The van der Waals surface area contributed by atoms with E-state index in [0.29, 0.717) is 0 Å². The van der Waals surface area contributed by atoms with Gasteiger partial charge in [0.05, 0.1) is 6.10 Å². The van der Waals surface area contributed by atoms with Crippen LogP contribution in [0.2, 0.25) is 0 Å². The van der Waals surface area contributed by atoms with Gasteiger partial charge >= 0.3 is 7.82 Å². The monoisotopic (exact) mass is 204 g/mol. The Labute approximate surface area is 66.6 Å². The zero-order valence-electron chi connectivity index (χ0n) is 5.44. The summed E-state index contributed by atoms with van der Waals surface area (Å²) in [5.41, 5.74) is 0. The van der Waals surface area contributed by atoms with Crippen molar-refractivity contribution < 1.29 is 38.4 Å². The van der Waals surface area contributed by atoms with Crippen LogP contribution in [0.1, 0.15) is 13.8 Å². The second-order valence-corrected chi connectivity index (χ2v) is 2.84. The third-order valence-electron chi connectivity index (χ3n) is 0.348. The smallest absolute Gasteiger partial charge is 0.303 e. The van der Waals surface area contributed by atoms with E-state index in [-0.39, 0.29) is 19.5 Å². The summed E-state index contributed by atoms with van der Waals surface area (Å²) >= 11 is 0. The van der Waals surface area contributed by atoms with Crippen molar-refractivity contribution in [1.29, 1.82) is 0 Å². The number of hydrogen-bond acceptors (Lipinski definition) is 2. The van der Waals surface area contributed by atoms with E-state index in [2.05, 4.69) is 4.52 Å². The van der Waals surface area contributed by atoms with Gasteiger partial charge in [0.25, 0.3) is 0 Å². The summed E-state index contributed by atoms with van der Waals surface area (Å²) in [6.45, 7) is 3.11. The molecule has 4 nitrogen and oxygen atoms in total. The van der Waals surface area contributed by atoms with Crippen LogP contribution in [0.25, 0.3) is 0 Å². The summed E-state index contributed by atoms with van der Waals surface area (Å²) in [6.07, 6.45) is -0.421. The number of phosphoric ester groups is 1. The van der Waals surface area contributed by atoms with Gasteiger partial charge in [-0.1, -0.05) is 0 Å². The summed E-state index contributed by atoms with van der Waals surface area (Å²) in [4.78, 5) is 16.2. The van der Waals surface area contributed by atoms with Crippen molar-refractivity contribution >= 4 is 7.82 Å². The zero-order chi connectivity index (χ0) is 6.78. The predicted octanol–water partition coefficient (Wildman–Crippen LogP) is 0.502. The normalized spacial score (nSPS) is 11.2. The first-order chi connectivity index (χ1) is 3.42. The Morgan fingerprint density at radius 2 is 1.78 bits per heavy atom. The molecule has 0 aromatic carbocycles. The van der Waals surface area contributed by atoms with Crippen LogP contribution in [0, 0.1) is 0 Å². The fraction of sp³-hybridized carbons (Fsp3) is 1.00. The molecule has 0 fully saturated rings. The van der Waals surface area contributed by atoms with Gasteiger partial charge in [0.15, 0.2) is 0 Å². The molecule has 0 bridgehead atoms. The largest absolute Gasteiger partial charge is 0.469 e. The Hall–Kier alpha value is 0.733. The topological polar surface area (TPSA) is 66.8 Å². The van der Waals surface area contributed by atoms with Gasteiger partial charge in [-0.05, 0) is 13.8 Å². The third kappa shape index (κ3) is 12.0. The van der Waals surface area contributed by atoms with Crippen LogP contribution < -0.4 is 0 Å². The minimum absolute atomic E-state index is 0. The van der Waals surface area contributed by atoms with Gasteiger partial charge in [0, 0.05) is 19.5 Å². The van der Waals surface area contributed by atoms with Gasteiger partial charge < -0.3 is 9.79 Å². The Morgan fingerprint density at radius 1 is 1.44 bits per heavy atom. The maximum atomic E-state index is 9.91. The van der Waals surface area contributed by atoms with Crippen molar-refractivity contribution in [1.82, 2.24) is 0 Å². The van der Waals surface area contributed by atoms with Crippen molar-refractivity contribution in [2.45, 2.75) is 20.0 Å². The molecule has 0 rings (SSSR count). The van der Waals surface area contributed by atoms with Gasteiger partial charge in [0.2, 0.25) is 0 Å². The molecule has 0 aliphatic heterocycles. The standard InChI is InChI=1S/C3H9O4P.Zn/c1-3(2)7-8(4,5)6;/h3H,1-2H3,(H2,4,5,6);. The van der Waals surface area contributed by atoms with E-state index in [9.17, 15) is 4.57 Å². The third-order valence-corrected chi connectivity index (χ3v) is 1.04. The minimum Gasteiger partial charge on any atom is -0.303 e. The molecule has 0 radical (unpaired) electrons. The Morgan fingerprint density at radius 3 is 1.78 bits per heavy atom. The first-order valence-corrected chi connectivity index (χ1v) is 3.69. The van der Waals surface area contributed by atoms with Gasteiger partial charge in [0.1, 0.15) is 0 Å². The van der Waals surface area contributed by atoms with E-state index in [0.717, 1.165) is 0 Å². The van der Waals surface area contributed by atoms with Crippen LogP contribution in [-0.4, -0.2) is 15.9 Å². The number of hydrogen-bond donors (Lipinski definition) is 2. The number of phosphoric acid groups is 1. The number of rotatable bonds is 2. The molecule has 0 saturated heterocycles. The summed E-state index contributed by atoms with van der Waals surface area (Å²) in [5, 5.41) is 0. The van der Waals surface area contributed by atoms with Crippen LogP contribution >= 0.6 is 7.82 Å². The quantitative estimate of drug-likeness (QED) is 0.509. The van der Waals surface area contributed by atoms with Crippen LogP contribution in [0.4, 0.5) is 0 Å². The average molecular weight is 205 g/mol. The van der Waals surface area contributed by atoms with E-state index in [4.69, 9.17) is 9.79 Å². The van der Waals surface area contributed by atoms with Crippen LogP contribution in [-0.2, 0) is 28.6 Å². The van der Waals surface area contributed by atoms with E-state index in [1.54, 1.807) is 13.8 Å². The summed E-state index contributed by atoms with van der Waals surface area (Å²) < 4.78 is 14.0. The van der Waals surface area contributed by atoms with Gasteiger partial charge in [-0.15, -0.1) is 0 Å². The summed E-state index contributed by atoms with van der Waals surface area (Å²) in [6, 6.07) is 0. The van der Waals surface area contributed by atoms with Gasteiger partial charge in [-0.2, -0.15) is 0 Å². The summed E-state index contributed by atoms with van der Waals surface area (Å²) in [5.74, 6) is 0. The second kappa shape index (κ2) is 4.53. The Balaban J connectivity index is 0. The molecule has 9 heavy (non-hydrogen) atoms. The molecular weight excluding hydrogens is 196 g/mol. The van der Waals surface area contributed by atoms with Crippen LogP contribution in [0.3, 0.4) is 0 Å². The predicted molar refractivity (Wildman–Crippen MR) is 28.3 cm³/mol. The van der Waals surface area contributed by atoms with E-state index < -0.39 is 13.9 Å². The minimum atomic E-state index is -4.22. The molecule has 0 spiro atoms. The SMILES string of the molecule is CC(C)OP(=O)(O)O.[Zn]. The molecule has 0 saturated carbocycles. The maximum absolute atomic E-state index is 9.91. The molecule has 6 heteroatoms. The molecule has 52 valence electrons. The molecule has 0 aromatic heterocycles. The molecular formula is C3H9O4PZn. The fourth-order valence-electron chi connectivity index (χ4n) is 0.275. The Bertz CT molecular complexity index is 108. The zero-order valence-corrected chi connectivity index (χ0v) is 9.30. The van der Waals surface area contributed by atoms with Crippen molar-refractivity contribution in [3.63, 3.8) is 0 Å². The first kappa shape index (κ1) is 12.4. The van der Waals surface area contributed by atoms with Crippen LogP contribution in [0.15, 0.2) is 0 Å². The molecule has 0 aliphatic rings.